The fourth-order valence-electron chi connectivity index (χ4n) is 3.14. The summed E-state index contributed by atoms with van der Waals surface area (Å²) in [6, 6.07) is 6.52. The Morgan fingerprint density at radius 1 is 0.923 bits per heavy atom. The second-order valence-electron chi connectivity index (χ2n) is 7.50. The molecular weight excluding hydrogens is 324 g/mol. The molecule has 2 aromatic rings. The van der Waals surface area contributed by atoms with Gasteiger partial charge < -0.3 is 10.6 Å². The summed E-state index contributed by atoms with van der Waals surface area (Å²) in [5.74, 6) is 3.26. The molecule has 0 aromatic carbocycles. The van der Waals surface area contributed by atoms with Gasteiger partial charge in [0.25, 0.3) is 0 Å². The van der Waals surface area contributed by atoms with Crippen molar-refractivity contribution in [3.05, 3.63) is 30.5 Å². The highest BCUT2D eigenvalue weighted by molar-refractivity contribution is 5.56. The highest BCUT2D eigenvalue weighted by Gasteiger charge is 2.30. The third kappa shape index (κ3) is 4.00. The molecule has 6 heteroatoms. The topological polar surface area (TPSA) is 75.6 Å². The first-order valence-corrected chi connectivity index (χ1v) is 9.51. The lowest BCUT2D eigenvalue weighted by molar-refractivity contribution is 0.676. The number of hydrogen-bond acceptors (Lipinski definition) is 6. The highest BCUT2D eigenvalue weighted by Crippen LogP contribution is 2.35. The maximum atomic E-state index is 4.63. The normalized spacial score (nSPS) is 18.8. The number of anilines is 2. The molecule has 0 radical (unpaired) electrons. The van der Waals surface area contributed by atoms with E-state index in [-0.39, 0.29) is 0 Å². The standard InChI is InChI=1S/C20H26N6/c1-4-16-6-5-7-17(23-16)18-24-19(21-12(2)14-8-9-14)26-20(25-18)22-13(3)15-10-11-15/h4-7,12-15H,1,8-11H2,2-3H3,(H2,21,22,24,25,26). The zero-order chi connectivity index (χ0) is 18.1. The number of nitrogens with zero attached hydrogens (tertiary/aromatic N) is 4. The van der Waals surface area contributed by atoms with Crippen LogP contribution in [0.5, 0.6) is 0 Å². The van der Waals surface area contributed by atoms with Crippen LogP contribution in [0.25, 0.3) is 17.6 Å². The van der Waals surface area contributed by atoms with Gasteiger partial charge in [-0.05, 0) is 69.6 Å². The minimum atomic E-state index is 0.367. The average molecular weight is 350 g/mol. The van der Waals surface area contributed by atoms with Crippen molar-refractivity contribution in [3.63, 3.8) is 0 Å². The first-order chi connectivity index (χ1) is 12.6. The van der Waals surface area contributed by atoms with Gasteiger partial charge in [0.15, 0.2) is 5.82 Å². The predicted molar refractivity (Wildman–Crippen MR) is 105 cm³/mol. The van der Waals surface area contributed by atoms with Crippen LogP contribution < -0.4 is 10.6 Å². The molecule has 0 spiro atoms. The van der Waals surface area contributed by atoms with E-state index in [2.05, 4.69) is 51.0 Å². The number of rotatable bonds is 8. The largest absolute Gasteiger partial charge is 0.351 e. The molecule has 0 saturated heterocycles. The average Bonchev–Trinajstić information content (AvgIpc) is 3.53. The summed E-state index contributed by atoms with van der Waals surface area (Å²) in [7, 11) is 0. The minimum Gasteiger partial charge on any atom is -0.351 e. The van der Waals surface area contributed by atoms with Gasteiger partial charge in [-0.2, -0.15) is 15.0 Å². The van der Waals surface area contributed by atoms with E-state index in [1.807, 2.05) is 18.2 Å². The van der Waals surface area contributed by atoms with Gasteiger partial charge in [-0.3, -0.25) is 0 Å². The summed E-state index contributed by atoms with van der Waals surface area (Å²) in [6.45, 7) is 8.18. The molecule has 136 valence electrons. The minimum absolute atomic E-state index is 0.367. The van der Waals surface area contributed by atoms with Gasteiger partial charge in [-0.15, -0.1) is 0 Å². The fraction of sp³-hybridized carbons (Fsp3) is 0.500. The van der Waals surface area contributed by atoms with Crippen LogP contribution in [-0.4, -0.2) is 32.0 Å². The molecule has 0 amide bonds. The van der Waals surface area contributed by atoms with Crippen LogP contribution in [0.4, 0.5) is 11.9 Å². The zero-order valence-electron chi connectivity index (χ0n) is 15.4. The number of aromatic nitrogens is 4. The fourth-order valence-corrected chi connectivity index (χ4v) is 3.14. The maximum absolute atomic E-state index is 4.63. The molecule has 2 aliphatic rings. The lowest BCUT2D eigenvalue weighted by atomic mass is 10.2. The van der Waals surface area contributed by atoms with Crippen LogP contribution in [0, 0.1) is 11.8 Å². The van der Waals surface area contributed by atoms with Gasteiger partial charge in [0.2, 0.25) is 11.9 Å². The summed E-state index contributed by atoms with van der Waals surface area (Å²) in [4.78, 5) is 18.4. The smallest absolute Gasteiger partial charge is 0.228 e. The first-order valence-electron chi connectivity index (χ1n) is 9.51. The van der Waals surface area contributed by atoms with E-state index in [1.165, 1.54) is 25.7 Å². The van der Waals surface area contributed by atoms with E-state index in [1.54, 1.807) is 6.08 Å². The predicted octanol–water partition coefficient (Wildman–Crippen LogP) is 4.00. The molecule has 6 nitrogen and oxygen atoms in total. The molecule has 26 heavy (non-hydrogen) atoms. The monoisotopic (exact) mass is 350 g/mol. The molecule has 2 heterocycles. The molecular formula is C20H26N6. The summed E-state index contributed by atoms with van der Waals surface area (Å²) in [6.07, 6.45) is 6.84. The Morgan fingerprint density at radius 3 is 2.00 bits per heavy atom. The van der Waals surface area contributed by atoms with E-state index < -0.39 is 0 Å². The van der Waals surface area contributed by atoms with Crippen molar-refractivity contribution in [2.45, 2.75) is 51.6 Å². The van der Waals surface area contributed by atoms with Crippen LogP contribution in [0.1, 0.15) is 45.2 Å². The quantitative estimate of drug-likeness (QED) is 0.749. The molecule has 2 N–H and O–H groups in total. The van der Waals surface area contributed by atoms with Crippen LogP contribution in [0.3, 0.4) is 0 Å². The van der Waals surface area contributed by atoms with Gasteiger partial charge in [0, 0.05) is 12.1 Å². The molecule has 2 unspecified atom stereocenters. The van der Waals surface area contributed by atoms with Gasteiger partial charge in [-0.1, -0.05) is 12.6 Å². The van der Waals surface area contributed by atoms with E-state index >= 15 is 0 Å². The Hall–Kier alpha value is -2.50. The number of nitrogens with one attached hydrogen (secondary N) is 2. The SMILES string of the molecule is C=Cc1cccc(-c2nc(NC(C)C3CC3)nc(NC(C)C3CC3)n2)n1. The first kappa shape index (κ1) is 16.9. The van der Waals surface area contributed by atoms with E-state index in [0.29, 0.717) is 29.8 Å². The Morgan fingerprint density at radius 2 is 1.50 bits per heavy atom. The third-order valence-corrected chi connectivity index (χ3v) is 5.22. The second-order valence-corrected chi connectivity index (χ2v) is 7.50. The van der Waals surface area contributed by atoms with Gasteiger partial charge >= 0.3 is 0 Å². The lowest BCUT2D eigenvalue weighted by Gasteiger charge is -2.17. The molecule has 4 rings (SSSR count). The molecule has 0 aliphatic heterocycles. The Balaban J connectivity index is 1.64. The van der Waals surface area contributed by atoms with Crippen molar-refractivity contribution in [2.75, 3.05) is 10.6 Å². The van der Waals surface area contributed by atoms with Crippen molar-refractivity contribution in [1.82, 2.24) is 19.9 Å². The van der Waals surface area contributed by atoms with Crippen LogP contribution in [0.2, 0.25) is 0 Å². The van der Waals surface area contributed by atoms with Crippen LogP contribution in [-0.2, 0) is 0 Å². The summed E-state index contributed by atoms with van der Waals surface area (Å²) in [5, 5.41) is 6.90. The molecule has 2 aliphatic carbocycles. The molecule has 2 saturated carbocycles. The third-order valence-electron chi connectivity index (χ3n) is 5.22. The van der Waals surface area contributed by atoms with Crippen molar-refractivity contribution in [3.8, 4) is 11.5 Å². The zero-order valence-corrected chi connectivity index (χ0v) is 15.4. The van der Waals surface area contributed by atoms with E-state index in [9.17, 15) is 0 Å². The Kier molecular flexibility index (Phi) is 4.57. The number of hydrogen-bond donors (Lipinski definition) is 2. The Bertz CT molecular complexity index is 758. The van der Waals surface area contributed by atoms with Gasteiger partial charge in [-0.25, -0.2) is 4.98 Å². The van der Waals surface area contributed by atoms with Crippen molar-refractivity contribution < 1.29 is 0 Å². The van der Waals surface area contributed by atoms with Gasteiger partial charge in [0.05, 0.1) is 5.69 Å². The van der Waals surface area contributed by atoms with Crippen LogP contribution in [0.15, 0.2) is 24.8 Å². The van der Waals surface area contributed by atoms with Crippen molar-refractivity contribution in [2.24, 2.45) is 11.8 Å². The summed E-state index contributed by atoms with van der Waals surface area (Å²) in [5.41, 5.74) is 1.54. The second kappa shape index (κ2) is 7.02. The molecule has 0 bridgehead atoms. The lowest BCUT2D eigenvalue weighted by Crippen LogP contribution is -2.23. The molecule has 2 aromatic heterocycles. The summed E-state index contributed by atoms with van der Waals surface area (Å²) < 4.78 is 0. The number of pyridine rings is 1. The Labute approximate surface area is 154 Å². The molecule has 2 atom stereocenters. The van der Waals surface area contributed by atoms with Crippen molar-refractivity contribution >= 4 is 18.0 Å². The van der Waals surface area contributed by atoms with Crippen molar-refractivity contribution in [1.29, 1.82) is 0 Å². The van der Waals surface area contributed by atoms with E-state index in [4.69, 9.17) is 0 Å². The van der Waals surface area contributed by atoms with Crippen LogP contribution >= 0.6 is 0 Å². The molecule has 2 fully saturated rings. The summed E-state index contributed by atoms with van der Waals surface area (Å²) >= 11 is 0. The maximum Gasteiger partial charge on any atom is 0.228 e. The van der Waals surface area contributed by atoms with E-state index in [0.717, 1.165) is 23.2 Å². The highest BCUT2D eigenvalue weighted by atomic mass is 15.2. The van der Waals surface area contributed by atoms with Gasteiger partial charge in [0.1, 0.15) is 5.69 Å².